The fraction of sp³-hybridized carbons (Fsp3) is 0.778. The van der Waals surface area contributed by atoms with Crippen LogP contribution in [0.2, 0.25) is 0 Å². The first-order valence-corrected chi connectivity index (χ1v) is 4.57. The van der Waals surface area contributed by atoms with Gasteiger partial charge in [0.1, 0.15) is 0 Å². The number of carboxylic acid groups (broad SMARTS) is 1. The average Bonchev–Trinajstić information content (AvgIpc) is 2.15. The van der Waals surface area contributed by atoms with E-state index in [0.717, 1.165) is 0 Å². The van der Waals surface area contributed by atoms with Gasteiger partial charge in [0.05, 0.1) is 17.9 Å². The van der Waals surface area contributed by atoms with Crippen molar-refractivity contribution >= 4 is 24.3 Å². The van der Waals surface area contributed by atoms with Crippen molar-refractivity contribution in [1.29, 1.82) is 0 Å². The van der Waals surface area contributed by atoms with Crippen LogP contribution in [0.25, 0.3) is 0 Å². The van der Waals surface area contributed by atoms with Crippen molar-refractivity contribution in [3.05, 3.63) is 0 Å². The highest BCUT2D eigenvalue weighted by Crippen LogP contribution is 2.57. The largest absolute Gasteiger partial charge is 0.481 e. The Morgan fingerprint density at radius 2 is 1.80 bits per heavy atom. The summed E-state index contributed by atoms with van der Waals surface area (Å²) in [7, 11) is 1.34. The molecule has 0 aromatic rings. The maximum absolute atomic E-state index is 11.4. The third-order valence-corrected chi connectivity index (χ3v) is 3.35. The van der Waals surface area contributed by atoms with Gasteiger partial charge in [-0.25, -0.2) is 0 Å². The van der Waals surface area contributed by atoms with Crippen molar-refractivity contribution < 1.29 is 19.4 Å². The molecular weight excluding hydrogens is 222 g/mol. The Morgan fingerprint density at radius 1 is 1.27 bits per heavy atom. The minimum absolute atomic E-state index is 0. The van der Waals surface area contributed by atoms with Crippen LogP contribution in [-0.2, 0) is 14.3 Å². The third-order valence-electron chi connectivity index (χ3n) is 3.35. The van der Waals surface area contributed by atoms with Gasteiger partial charge < -0.3 is 15.2 Å². The van der Waals surface area contributed by atoms with E-state index in [-0.39, 0.29) is 18.4 Å². The lowest BCUT2D eigenvalue weighted by molar-refractivity contribution is -0.188. The smallest absolute Gasteiger partial charge is 0.313 e. The fourth-order valence-electron chi connectivity index (χ4n) is 2.69. The molecule has 2 heterocycles. The van der Waals surface area contributed by atoms with Crippen molar-refractivity contribution in [2.24, 2.45) is 10.8 Å². The van der Waals surface area contributed by atoms with Gasteiger partial charge in [0.15, 0.2) is 0 Å². The summed E-state index contributed by atoms with van der Waals surface area (Å²) in [6, 6.07) is 0. The number of esters is 1. The lowest BCUT2D eigenvalue weighted by Crippen LogP contribution is -2.67. The zero-order chi connectivity index (χ0) is 10.4. The van der Waals surface area contributed by atoms with Gasteiger partial charge in [-0.05, 0) is 12.8 Å². The molecule has 0 aromatic carbocycles. The SMILES string of the molecule is COC(=O)C12CNCC(C(=O)O)(C1)C2.Cl. The van der Waals surface area contributed by atoms with E-state index < -0.39 is 16.8 Å². The first-order valence-electron chi connectivity index (χ1n) is 4.57. The minimum atomic E-state index is -0.816. The minimum Gasteiger partial charge on any atom is -0.481 e. The Balaban J connectivity index is 0.00000112. The lowest BCUT2D eigenvalue weighted by atomic mass is 9.50. The van der Waals surface area contributed by atoms with Gasteiger partial charge in [-0.15, -0.1) is 12.4 Å². The summed E-state index contributed by atoms with van der Waals surface area (Å²) in [6.07, 6.45) is 0.823. The zero-order valence-corrected chi connectivity index (χ0v) is 9.23. The number of fused-ring (bicyclic) bond motifs is 2. The summed E-state index contributed by atoms with van der Waals surface area (Å²) in [5.41, 5.74) is -1.31. The number of hydrogen-bond donors (Lipinski definition) is 2. The molecule has 0 amide bonds. The van der Waals surface area contributed by atoms with E-state index in [1.807, 2.05) is 0 Å². The monoisotopic (exact) mass is 235 g/mol. The first kappa shape index (κ1) is 12.3. The van der Waals surface area contributed by atoms with Crippen LogP contribution in [0.5, 0.6) is 0 Å². The van der Waals surface area contributed by atoms with Gasteiger partial charge >= 0.3 is 11.9 Å². The van der Waals surface area contributed by atoms with Gasteiger partial charge in [0, 0.05) is 13.1 Å². The number of ether oxygens (including phenoxy) is 1. The molecule has 3 aliphatic rings. The highest BCUT2D eigenvalue weighted by Gasteiger charge is 2.65. The van der Waals surface area contributed by atoms with Crippen LogP contribution in [0.4, 0.5) is 0 Å². The second-order valence-corrected chi connectivity index (χ2v) is 4.31. The molecule has 1 aliphatic carbocycles. The van der Waals surface area contributed by atoms with E-state index in [4.69, 9.17) is 5.11 Å². The number of nitrogens with one attached hydrogen (secondary N) is 1. The Labute approximate surface area is 93.6 Å². The second kappa shape index (κ2) is 3.64. The summed E-state index contributed by atoms with van der Waals surface area (Å²) in [5.74, 6) is -1.11. The number of hydrogen-bond acceptors (Lipinski definition) is 4. The van der Waals surface area contributed by atoms with Gasteiger partial charge in [-0.2, -0.15) is 0 Å². The quantitative estimate of drug-likeness (QED) is 0.661. The average molecular weight is 236 g/mol. The molecule has 2 bridgehead atoms. The number of halogens is 1. The number of carbonyl (C=O) groups excluding carboxylic acids is 1. The van der Waals surface area contributed by atoms with Gasteiger partial charge in [-0.1, -0.05) is 0 Å². The molecule has 2 aliphatic heterocycles. The molecule has 2 N–H and O–H groups in total. The molecule has 6 heteroatoms. The summed E-state index contributed by atoms with van der Waals surface area (Å²) in [4.78, 5) is 22.4. The van der Waals surface area contributed by atoms with Crippen LogP contribution in [0.3, 0.4) is 0 Å². The van der Waals surface area contributed by atoms with Crippen LogP contribution < -0.4 is 5.32 Å². The van der Waals surface area contributed by atoms with Gasteiger partial charge in [-0.3, -0.25) is 9.59 Å². The number of aliphatic carboxylic acids is 1. The molecule has 0 aromatic heterocycles. The number of methoxy groups -OCH3 is 1. The summed E-state index contributed by atoms with van der Waals surface area (Å²) >= 11 is 0. The Bertz CT molecular complexity index is 298. The Hall–Kier alpha value is -0.810. The Kier molecular flexibility index (Phi) is 2.98. The highest BCUT2D eigenvalue weighted by molar-refractivity contribution is 5.86. The normalized spacial score (nSPS) is 37.1. The van der Waals surface area contributed by atoms with Crippen molar-refractivity contribution in [2.45, 2.75) is 12.8 Å². The van der Waals surface area contributed by atoms with Crippen molar-refractivity contribution in [2.75, 3.05) is 20.2 Å². The molecule has 3 rings (SSSR count). The van der Waals surface area contributed by atoms with Gasteiger partial charge in [0.25, 0.3) is 0 Å². The van der Waals surface area contributed by atoms with Crippen LogP contribution >= 0.6 is 12.4 Å². The van der Waals surface area contributed by atoms with E-state index >= 15 is 0 Å². The molecule has 15 heavy (non-hydrogen) atoms. The van der Waals surface area contributed by atoms with Crippen molar-refractivity contribution in [3.63, 3.8) is 0 Å². The predicted molar refractivity (Wildman–Crippen MR) is 53.9 cm³/mol. The number of carbonyl (C=O) groups is 2. The number of piperidine rings is 2. The lowest BCUT2D eigenvalue weighted by Gasteiger charge is -2.56. The maximum Gasteiger partial charge on any atom is 0.313 e. The third kappa shape index (κ3) is 1.50. The molecule has 3 fully saturated rings. The number of rotatable bonds is 2. The fourth-order valence-corrected chi connectivity index (χ4v) is 2.69. The molecule has 0 radical (unpaired) electrons. The van der Waals surface area contributed by atoms with Crippen LogP contribution in [0.15, 0.2) is 0 Å². The highest BCUT2D eigenvalue weighted by atomic mass is 35.5. The maximum atomic E-state index is 11.4. The topological polar surface area (TPSA) is 75.6 Å². The number of carboxylic acids is 1. The summed E-state index contributed by atoms with van der Waals surface area (Å²) in [6.45, 7) is 0.996. The molecular formula is C9H14ClNO4. The molecule has 1 saturated carbocycles. The molecule has 86 valence electrons. The zero-order valence-electron chi connectivity index (χ0n) is 8.41. The molecule has 5 nitrogen and oxygen atoms in total. The molecule has 0 atom stereocenters. The van der Waals surface area contributed by atoms with Crippen LogP contribution in [0, 0.1) is 10.8 Å². The molecule has 0 unspecified atom stereocenters. The van der Waals surface area contributed by atoms with E-state index in [2.05, 4.69) is 10.1 Å². The Morgan fingerprint density at radius 3 is 2.27 bits per heavy atom. The predicted octanol–water partition coefficient (Wildman–Crippen LogP) is 0.0356. The van der Waals surface area contributed by atoms with E-state index in [1.165, 1.54) is 7.11 Å². The van der Waals surface area contributed by atoms with E-state index in [1.54, 1.807) is 0 Å². The first-order chi connectivity index (χ1) is 6.55. The van der Waals surface area contributed by atoms with Crippen LogP contribution in [-0.4, -0.2) is 37.2 Å². The molecule has 0 spiro atoms. The van der Waals surface area contributed by atoms with Crippen LogP contribution in [0.1, 0.15) is 12.8 Å². The standard InChI is InChI=1S/C9H13NO4.ClH/c1-14-7(13)9-2-8(3-9,6(11)12)4-10-5-9;/h10H,2-5H2,1H3,(H,11,12);1H. The van der Waals surface area contributed by atoms with Crippen molar-refractivity contribution in [1.82, 2.24) is 5.32 Å². The second-order valence-electron chi connectivity index (χ2n) is 4.31. The summed E-state index contributed by atoms with van der Waals surface area (Å²) < 4.78 is 4.68. The summed E-state index contributed by atoms with van der Waals surface area (Å²) in [5, 5.41) is 12.0. The van der Waals surface area contributed by atoms with E-state index in [9.17, 15) is 9.59 Å². The van der Waals surface area contributed by atoms with E-state index in [0.29, 0.717) is 25.9 Å². The van der Waals surface area contributed by atoms with Gasteiger partial charge in [0.2, 0.25) is 0 Å². The van der Waals surface area contributed by atoms with Crippen molar-refractivity contribution in [3.8, 4) is 0 Å². The molecule has 2 saturated heterocycles.